The minimum absolute atomic E-state index is 0.0508. The highest BCUT2D eigenvalue weighted by Gasteiger charge is 2.35. The number of carboxylic acid groups (broad SMARTS) is 1. The van der Waals surface area contributed by atoms with Crippen LogP contribution < -0.4 is 10.1 Å². The number of aliphatic hydroxyl groups excluding tert-OH is 1. The Morgan fingerprint density at radius 2 is 1.62 bits per heavy atom. The summed E-state index contributed by atoms with van der Waals surface area (Å²) in [5.74, 6) is -1.51. The summed E-state index contributed by atoms with van der Waals surface area (Å²) in [6.07, 6.45) is 1.03. The number of nitrogens with one attached hydrogen (secondary N) is 1. The van der Waals surface area contributed by atoms with Gasteiger partial charge >= 0.3 is 12.1 Å². The van der Waals surface area contributed by atoms with Crippen molar-refractivity contribution in [2.24, 2.45) is 5.92 Å². The molecule has 2 aliphatic heterocycles. The number of benzene rings is 3. The van der Waals surface area contributed by atoms with Gasteiger partial charge in [0, 0.05) is 50.2 Å². The van der Waals surface area contributed by atoms with E-state index in [4.69, 9.17) is 4.74 Å². The van der Waals surface area contributed by atoms with Gasteiger partial charge in [0.15, 0.2) is 0 Å². The number of methoxy groups -OCH3 is 1. The third-order valence-electron chi connectivity index (χ3n) is 10.2. The summed E-state index contributed by atoms with van der Waals surface area (Å²) in [7, 11) is 1.41. The van der Waals surface area contributed by atoms with Crippen molar-refractivity contribution in [1.29, 1.82) is 0 Å². The normalized spacial score (nSPS) is 18.2. The number of pyridine rings is 1. The third kappa shape index (κ3) is 8.78. The number of nitrogens with zero attached hydrogens (tertiary/aromatic N) is 3. The van der Waals surface area contributed by atoms with Crippen LogP contribution >= 0.6 is 0 Å². The summed E-state index contributed by atoms with van der Waals surface area (Å²) < 4.78 is 48.8. The molecule has 4 aromatic rings. The van der Waals surface area contributed by atoms with Gasteiger partial charge in [0.05, 0.1) is 24.7 Å². The van der Waals surface area contributed by atoms with Crippen LogP contribution in [0.25, 0.3) is 23.3 Å². The summed E-state index contributed by atoms with van der Waals surface area (Å²) in [6.45, 7) is 6.80. The lowest BCUT2D eigenvalue weighted by atomic mass is 9.92. The topological polar surface area (TPSA) is 115 Å². The Balaban J connectivity index is 1.21. The van der Waals surface area contributed by atoms with Crippen LogP contribution in [-0.4, -0.2) is 76.3 Å². The van der Waals surface area contributed by atoms with Crippen molar-refractivity contribution in [3.63, 3.8) is 0 Å². The molecule has 0 bridgehead atoms. The summed E-state index contributed by atoms with van der Waals surface area (Å²) in [4.78, 5) is 33.0. The Hall–Kier alpha value is -5.04. The van der Waals surface area contributed by atoms with E-state index in [0.29, 0.717) is 43.1 Å². The summed E-state index contributed by atoms with van der Waals surface area (Å²) in [6, 6.07) is 17.2. The summed E-state index contributed by atoms with van der Waals surface area (Å²) in [5, 5.41) is 22.1. The number of ether oxygens (including phenoxy) is 1. The molecule has 1 amide bonds. The second-order valence-electron chi connectivity index (χ2n) is 13.8. The maximum atomic E-state index is 14.4. The number of aliphatic hydroxyl groups is 1. The van der Waals surface area contributed by atoms with Crippen molar-refractivity contribution in [3.05, 3.63) is 111 Å². The molecule has 0 saturated carbocycles. The Labute approximate surface area is 306 Å². The number of alkyl halides is 3. The van der Waals surface area contributed by atoms with E-state index in [0.717, 1.165) is 52.4 Å². The smallest absolute Gasteiger partial charge is 0.417 e. The molecular weight excluding hydrogens is 685 g/mol. The zero-order chi connectivity index (χ0) is 37.9. The molecule has 2 atom stereocenters. The predicted molar refractivity (Wildman–Crippen MR) is 197 cm³/mol. The molecule has 12 heteroatoms. The number of aliphatic carboxylic acids is 1. The predicted octanol–water partition coefficient (Wildman–Crippen LogP) is 7.29. The maximum absolute atomic E-state index is 14.4. The largest absolute Gasteiger partial charge is 0.496 e. The highest BCUT2D eigenvalue weighted by Crippen LogP contribution is 2.38. The number of halogens is 3. The first-order valence-electron chi connectivity index (χ1n) is 17.6. The van der Waals surface area contributed by atoms with E-state index in [1.807, 2.05) is 61.2 Å². The van der Waals surface area contributed by atoms with Gasteiger partial charge < -0.3 is 20.3 Å². The standard InChI is InChI=1S/C41H43F3N4O5/c1-25-28(11-12-29-19-38(53-3)31(18-35(29)41(42,43)44)23-48-16-14-30(22-48)40(51)52)6-4-7-33(25)34-8-5-9-36(26(34)2)46-39(50)37-13-10-27(20-45-37)21-47-17-15-32(49)24-47/h4-13,18-20,30,32,49H,14-17,21-24H2,1-3H3,(H,46,50)(H,51,52)/b12-11+/t30-,32-/m1/s1. The average molecular weight is 729 g/mol. The Morgan fingerprint density at radius 3 is 2.26 bits per heavy atom. The number of carbonyl (C=O) groups is 2. The van der Waals surface area contributed by atoms with Crippen LogP contribution in [0.4, 0.5) is 18.9 Å². The van der Waals surface area contributed by atoms with Crippen LogP contribution in [-0.2, 0) is 24.1 Å². The van der Waals surface area contributed by atoms with Crippen LogP contribution in [0.3, 0.4) is 0 Å². The monoisotopic (exact) mass is 728 g/mol. The number of anilines is 1. The number of aromatic nitrogens is 1. The fourth-order valence-electron chi connectivity index (χ4n) is 7.18. The Bertz CT molecular complexity index is 2010. The number of hydrogen-bond donors (Lipinski definition) is 3. The Kier molecular flexibility index (Phi) is 11.3. The zero-order valence-corrected chi connectivity index (χ0v) is 29.9. The van der Waals surface area contributed by atoms with Gasteiger partial charge in [-0.2, -0.15) is 13.2 Å². The first-order valence-corrected chi connectivity index (χ1v) is 17.6. The number of carboxylic acids is 1. The molecular formula is C41H43F3N4O5. The van der Waals surface area contributed by atoms with Crippen molar-refractivity contribution in [2.75, 3.05) is 38.6 Å². The van der Waals surface area contributed by atoms with Gasteiger partial charge in [-0.25, -0.2) is 0 Å². The van der Waals surface area contributed by atoms with Gasteiger partial charge in [-0.1, -0.05) is 48.6 Å². The van der Waals surface area contributed by atoms with Crippen molar-refractivity contribution < 1.29 is 37.7 Å². The van der Waals surface area contributed by atoms with Crippen LogP contribution in [0.5, 0.6) is 5.75 Å². The molecule has 3 heterocycles. The molecule has 1 aromatic heterocycles. The van der Waals surface area contributed by atoms with E-state index in [-0.39, 0.29) is 36.4 Å². The number of likely N-dealkylation sites (tertiary alicyclic amines) is 2. The molecule has 9 nitrogen and oxygen atoms in total. The van der Waals surface area contributed by atoms with Gasteiger partial charge in [0.1, 0.15) is 11.4 Å². The zero-order valence-electron chi connectivity index (χ0n) is 29.9. The van der Waals surface area contributed by atoms with Crippen molar-refractivity contribution in [1.82, 2.24) is 14.8 Å². The lowest BCUT2D eigenvalue weighted by Gasteiger charge is -2.20. The second kappa shape index (κ2) is 15.9. The highest BCUT2D eigenvalue weighted by molar-refractivity contribution is 6.03. The lowest BCUT2D eigenvalue weighted by Crippen LogP contribution is -2.23. The molecule has 6 rings (SSSR count). The van der Waals surface area contributed by atoms with E-state index in [2.05, 4.69) is 15.2 Å². The fourth-order valence-corrected chi connectivity index (χ4v) is 7.18. The lowest BCUT2D eigenvalue weighted by molar-refractivity contribution is -0.141. The third-order valence-corrected chi connectivity index (χ3v) is 10.2. The van der Waals surface area contributed by atoms with Crippen LogP contribution in [0, 0.1) is 19.8 Å². The molecule has 53 heavy (non-hydrogen) atoms. The van der Waals surface area contributed by atoms with E-state index in [9.17, 15) is 33.0 Å². The molecule has 2 fully saturated rings. The number of carbonyl (C=O) groups excluding carboxylic acids is 1. The van der Waals surface area contributed by atoms with Gasteiger partial charge in [-0.05, 0) is 96.4 Å². The fraction of sp³-hybridized carbons (Fsp3) is 0.341. The molecule has 2 saturated heterocycles. The van der Waals surface area contributed by atoms with E-state index in [1.54, 1.807) is 18.3 Å². The molecule has 278 valence electrons. The Morgan fingerprint density at radius 1 is 0.925 bits per heavy atom. The number of β-amino-alcohol motifs (C(OH)–C–C–N with tert-alkyl or cyclic N) is 1. The van der Waals surface area contributed by atoms with Crippen molar-refractivity contribution in [3.8, 4) is 16.9 Å². The van der Waals surface area contributed by atoms with Gasteiger partial charge in [0.2, 0.25) is 0 Å². The van der Waals surface area contributed by atoms with E-state index in [1.165, 1.54) is 19.3 Å². The average Bonchev–Trinajstić information content (AvgIpc) is 3.77. The molecule has 0 spiro atoms. The van der Waals surface area contributed by atoms with Crippen LogP contribution in [0.1, 0.15) is 62.3 Å². The van der Waals surface area contributed by atoms with Gasteiger partial charge in [-0.3, -0.25) is 24.4 Å². The minimum Gasteiger partial charge on any atom is -0.496 e. The molecule has 0 aliphatic carbocycles. The van der Waals surface area contributed by atoms with Gasteiger partial charge in [-0.15, -0.1) is 0 Å². The van der Waals surface area contributed by atoms with Crippen LogP contribution in [0.15, 0.2) is 66.9 Å². The number of hydrogen-bond acceptors (Lipinski definition) is 7. The summed E-state index contributed by atoms with van der Waals surface area (Å²) in [5.41, 5.74) is 5.44. The first kappa shape index (κ1) is 37.7. The molecule has 3 N–H and O–H groups in total. The SMILES string of the molecule is COc1cc(/C=C/c2cccc(-c3cccc(NC(=O)c4ccc(CN5CC[C@@H](O)C5)cn4)c3C)c2C)c(C(F)(F)F)cc1CN1CC[C@@H](C(=O)O)C1. The minimum atomic E-state index is -4.64. The number of amides is 1. The quantitative estimate of drug-likeness (QED) is 0.138. The molecule has 0 radical (unpaired) electrons. The van der Waals surface area contributed by atoms with Crippen molar-refractivity contribution in [2.45, 2.75) is 52.1 Å². The maximum Gasteiger partial charge on any atom is 0.417 e. The molecule has 0 unspecified atom stereocenters. The van der Waals surface area contributed by atoms with Crippen LogP contribution in [0.2, 0.25) is 0 Å². The van der Waals surface area contributed by atoms with Gasteiger partial charge in [0.25, 0.3) is 5.91 Å². The summed E-state index contributed by atoms with van der Waals surface area (Å²) >= 11 is 0. The first-order chi connectivity index (χ1) is 25.3. The van der Waals surface area contributed by atoms with E-state index >= 15 is 0 Å². The highest BCUT2D eigenvalue weighted by atomic mass is 19.4. The second-order valence-corrected chi connectivity index (χ2v) is 13.8. The van der Waals surface area contributed by atoms with E-state index < -0.39 is 23.6 Å². The molecule has 2 aliphatic rings. The number of rotatable bonds is 11. The van der Waals surface area contributed by atoms with Crippen molar-refractivity contribution >= 4 is 29.7 Å². The molecule has 3 aromatic carbocycles.